The van der Waals surface area contributed by atoms with E-state index in [0.29, 0.717) is 26.2 Å². The van der Waals surface area contributed by atoms with E-state index < -0.39 is 5.60 Å². The maximum absolute atomic E-state index is 12.1. The Morgan fingerprint density at radius 2 is 2.05 bits per heavy atom. The summed E-state index contributed by atoms with van der Waals surface area (Å²) in [6.07, 6.45) is 1.75. The van der Waals surface area contributed by atoms with Gasteiger partial charge in [0.15, 0.2) is 0 Å². The molecule has 1 N–H and O–H groups in total. The molecular formula is C16H28N2O4. The summed E-state index contributed by atoms with van der Waals surface area (Å²) in [6, 6.07) is 0. The van der Waals surface area contributed by atoms with Crippen LogP contribution in [0.3, 0.4) is 0 Å². The van der Waals surface area contributed by atoms with Crippen LogP contribution < -0.4 is 5.32 Å². The fourth-order valence-electron chi connectivity index (χ4n) is 2.04. The van der Waals surface area contributed by atoms with Gasteiger partial charge >= 0.3 is 6.09 Å². The van der Waals surface area contributed by atoms with Gasteiger partial charge in [0.2, 0.25) is 5.91 Å². The molecule has 0 aromatic heterocycles. The zero-order chi connectivity index (χ0) is 16.8. The van der Waals surface area contributed by atoms with Crippen molar-refractivity contribution >= 4 is 12.0 Å². The topological polar surface area (TPSA) is 67.9 Å². The highest BCUT2D eigenvalue weighted by Gasteiger charge is 2.26. The number of allylic oxidation sites excluding steroid dienone is 1. The van der Waals surface area contributed by atoms with E-state index in [1.165, 1.54) is 0 Å². The SMILES string of the molecule is CC(C)=CC(=O)NCC1CN(C(=O)OC(C)(C)C)CCCO1. The smallest absolute Gasteiger partial charge is 0.410 e. The zero-order valence-corrected chi connectivity index (χ0v) is 14.3. The van der Waals surface area contributed by atoms with E-state index in [-0.39, 0.29) is 18.1 Å². The lowest BCUT2D eigenvalue weighted by Gasteiger charge is -2.28. The molecule has 0 radical (unpaired) electrons. The van der Waals surface area contributed by atoms with E-state index in [2.05, 4.69) is 5.32 Å². The Balaban J connectivity index is 2.53. The van der Waals surface area contributed by atoms with E-state index in [0.717, 1.165) is 12.0 Å². The van der Waals surface area contributed by atoms with Crippen LogP contribution in [-0.4, -0.2) is 54.8 Å². The molecule has 0 bridgehead atoms. The number of nitrogens with zero attached hydrogens (tertiary/aromatic N) is 1. The second-order valence-corrected chi connectivity index (χ2v) is 6.74. The van der Waals surface area contributed by atoms with E-state index in [1.807, 2.05) is 34.6 Å². The van der Waals surface area contributed by atoms with Gasteiger partial charge in [0.25, 0.3) is 0 Å². The first-order chi connectivity index (χ1) is 10.2. The van der Waals surface area contributed by atoms with Crippen LogP contribution in [-0.2, 0) is 14.3 Å². The molecule has 0 spiro atoms. The van der Waals surface area contributed by atoms with Crippen molar-refractivity contribution < 1.29 is 19.1 Å². The Morgan fingerprint density at radius 1 is 1.36 bits per heavy atom. The van der Waals surface area contributed by atoms with Gasteiger partial charge < -0.3 is 19.7 Å². The summed E-state index contributed by atoms with van der Waals surface area (Å²) in [5, 5.41) is 2.80. The van der Waals surface area contributed by atoms with Crippen LogP contribution in [0.2, 0.25) is 0 Å². The first-order valence-corrected chi connectivity index (χ1v) is 7.69. The second-order valence-electron chi connectivity index (χ2n) is 6.74. The van der Waals surface area contributed by atoms with Crippen LogP contribution in [0.25, 0.3) is 0 Å². The van der Waals surface area contributed by atoms with Crippen LogP contribution in [0.1, 0.15) is 41.0 Å². The lowest BCUT2D eigenvalue weighted by atomic mass is 10.2. The summed E-state index contributed by atoms with van der Waals surface area (Å²) in [4.78, 5) is 25.4. The fraction of sp³-hybridized carbons (Fsp3) is 0.750. The number of nitrogens with one attached hydrogen (secondary N) is 1. The summed E-state index contributed by atoms with van der Waals surface area (Å²) in [6.45, 7) is 11.2. The van der Waals surface area contributed by atoms with Gasteiger partial charge in [0.05, 0.1) is 12.6 Å². The van der Waals surface area contributed by atoms with E-state index >= 15 is 0 Å². The Hall–Kier alpha value is -1.56. The molecule has 0 saturated carbocycles. The standard InChI is InChI=1S/C16H28N2O4/c1-12(2)9-14(19)17-10-13-11-18(7-6-8-21-13)15(20)22-16(3,4)5/h9,13H,6-8,10-11H2,1-5H3,(H,17,19). The van der Waals surface area contributed by atoms with Crippen molar-refractivity contribution in [1.29, 1.82) is 0 Å². The monoisotopic (exact) mass is 312 g/mol. The second kappa shape index (κ2) is 8.17. The average molecular weight is 312 g/mol. The summed E-state index contributed by atoms with van der Waals surface area (Å²) in [5.74, 6) is -0.142. The van der Waals surface area contributed by atoms with E-state index in [9.17, 15) is 9.59 Å². The van der Waals surface area contributed by atoms with Crippen molar-refractivity contribution in [3.05, 3.63) is 11.6 Å². The first kappa shape index (κ1) is 18.5. The maximum atomic E-state index is 12.1. The molecule has 1 aliphatic rings. The Kier molecular flexibility index (Phi) is 6.87. The van der Waals surface area contributed by atoms with E-state index in [4.69, 9.17) is 9.47 Å². The van der Waals surface area contributed by atoms with Gasteiger partial charge in [-0.2, -0.15) is 0 Å². The van der Waals surface area contributed by atoms with Crippen LogP contribution in [0.5, 0.6) is 0 Å². The third kappa shape index (κ3) is 7.45. The predicted molar refractivity (Wildman–Crippen MR) is 84.6 cm³/mol. The average Bonchev–Trinajstić information content (AvgIpc) is 2.59. The molecule has 1 atom stereocenters. The van der Waals surface area contributed by atoms with Crippen molar-refractivity contribution in [3.63, 3.8) is 0 Å². The molecule has 0 aliphatic carbocycles. The minimum Gasteiger partial charge on any atom is -0.444 e. The van der Waals surface area contributed by atoms with Crippen LogP contribution in [0.15, 0.2) is 11.6 Å². The van der Waals surface area contributed by atoms with Crippen molar-refractivity contribution in [2.75, 3.05) is 26.2 Å². The summed E-state index contributed by atoms with van der Waals surface area (Å²) >= 11 is 0. The molecular weight excluding hydrogens is 284 g/mol. The minimum absolute atomic E-state index is 0.142. The highest BCUT2D eigenvalue weighted by molar-refractivity contribution is 5.88. The third-order valence-electron chi connectivity index (χ3n) is 2.93. The number of hydrogen-bond acceptors (Lipinski definition) is 4. The fourth-order valence-corrected chi connectivity index (χ4v) is 2.04. The molecule has 1 heterocycles. The van der Waals surface area contributed by atoms with Crippen molar-refractivity contribution in [2.24, 2.45) is 0 Å². The summed E-state index contributed by atoms with van der Waals surface area (Å²) in [7, 11) is 0. The van der Waals surface area contributed by atoms with Crippen LogP contribution in [0, 0.1) is 0 Å². The normalized spacial score (nSPS) is 19.1. The Labute approximate surface area is 132 Å². The summed E-state index contributed by atoms with van der Waals surface area (Å²) < 4.78 is 11.1. The van der Waals surface area contributed by atoms with Crippen molar-refractivity contribution in [1.82, 2.24) is 10.2 Å². The number of amides is 2. The molecule has 6 nitrogen and oxygen atoms in total. The highest BCUT2D eigenvalue weighted by Crippen LogP contribution is 2.13. The molecule has 1 unspecified atom stereocenters. The quantitative estimate of drug-likeness (QED) is 0.810. The number of rotatable bonds is 3. The minimum atomic E-state index is -0.516. The number of carbonyl (C=O) groups excluding carboxylic acids is 2. The largest absolute Gasteiger partial charge is 0.444 e. The molecule has 1 rings (SSSR count). The van der Waals surface area contributed by atoms with Crippen LogP contribution >= 0.6 is 0 Å². The number of carbonyl (C=O) groups is 2. The van der Waals surface area contributed by atoms with Crippen LogP contribution in [0.4, 0.5) is 4.79 Å². The number of hydrogen-bond donors (Lipinski definition) is 1. The van der Waals surface area contributed by atoms with Gasteiger partial charge in [-0.15, -0.1) is 0 Å². The van der Waals surface area contributed by atoms with Gasteiger partial charge in [0.1, 0.15) is 5.60 Å². The molecule has 0 aromatic rings. The Bertz CT molecular complexity index is 422. The molecule has 22 heavy (non-hydrogen) atoms. The molecule has 2 amide bonds. The molecule has 6 heteroatoms. The molecule has 1 aliphatic heterocycles. The van der Waals surface area contributed by atoms with Gasteiger partial charge in [-0.05, 0) is 41.0 Å². The molecule has 1 fully saturated rings. The van der Waals surface area contributed by atoms with E-state index in [1.54, 1.807) is 11.0 Å². The Morgan fingerprint density at radius 3 is 2.64 bits per heavy atom. The molecule has 0 aromatic carbocycles. The van der Waals surface area contributed by atoms with Gasteiger partial charge in [0, 0.05) is 25.8 Å². The third-order valence-corrected chi connectivity index (χ3v) is 2.93. The molecule has 126 valence electrons. The van der Waals surface area contributed by atoms with Crippen molar-refractivity contribution in [3.8, 4) is 0 Å². The lowest BCUT2D eigenvalue weighted by Crippen LogP contribution is -2.44. The predicted octanol–water partition coefficient (Wildman–Crippen LogP) is 2.09. The van der Waals surface area contributed by atoms with Gasteiger partial charge in [-0.1, -0.05) is 5.57 Å². The van der Waals surface area contributed by atoms with Gasteiger partial charge in [-0.25, -0.2) is 4.79 Å². The highest BCUT2D eigenvalue weighted by atomic mass is 16.6. The summed E-state index contributed by atoms with van der Waals surface area (Å²) in [5.41, 5.74) is 0.423. The maximum Gasteiger partial charge on any atom is 0.410 e. The van der Waals surface area contributed by atoms with Gasteiger partial charge in [-0.3, -0.25) is 4.79 Å². The zero-order valence-electron chi connectivity index (χ0n) is 14.3. The van der Waals surface area contributed by atoms with Crippen molar-refractivity contribution in [2.45, 2.75) is 52.7 Å². The first-order valence-electron chi connectivity index (χ1n) is 7.69. The molecule has 1 saturated heterocycles. The lowest BCUT2D eigenvalue weighted by molar-refractivity contribution is -0.117. The number of ether oxygens (including phenoxy) is 2.